The van der Waals surface area contributed by atoms with Crippen molar-refractivity contribution >= 4 is 11.6 Å². The minimum Gasteiger partial charge on any atom is -0.325 e. The highest BCUT2D eigenvalue weighted by molar-refractivity contribution is 5.91. The molecule has 0 bridgehead atoms. The summed E-state index contributed by atoms with van der Waals surface area (Å²) in [6.45, 7) is 0.898. The molecule has 0 aliphatic carbocycles. The van der Waals surface area contributed by atoms with Gasteiger partial charge in [0.05, 0.1) is 0 Å². The van der Waals surface area contributed by atoms with E-state index < -0.39 is 0 Å². The molecule has 0 saturated carbocycles. The summed E-state index contributed by atoms with van der Waals surface area (Å²) < 4.78 is 3.55. The van der Waals surface area contributed by atoms with Crippen LogP contribution in [0.5, 0.6) is 0 Å². The first-order chi connectivity index (χ1) is 13.2. The van der Waals surface area contributed by atoms with Gasteiger partial charge in [0, 0.05) is 36.5 Å². The van der Waals surface area contributed by atoms with Gasteiger partial charge in [0.2, 0.25) is 5.91 Å². The topological polar surface area (TPSA) is 81.8 Å². The number of nitrogens with zero attached hydrogens (tertiary/aromatic N) is 4. The molecule has 1 aliphatic heterocycles. The molecule has 1 amide bonds. The number of anilines is 1. The van der Waals surface area contributed by atoms with Crippen molar-refractivity contribution in [3.8, 4) is 11.4 Å². The monoisotopic (exact) mass is 363 g/mol. The minimum atomic E-state index is -0.250. The summed E-state index contributed by atoms with van der Waals surface area (Å²) in [5.74, 6) is 1.61. The van der Waals surface area contributed by atoms with Gasteiger partial charge < -0.3 is 14.5 Å². The Morgan fingerprint density at radius 2 is 2.00 bits per heavy atom. The van der Waals surface area contributed by atoms with Crippen LogP contribution in [0.4, 0.5) is 5.69 Å². The van der Waals surface area contributed by atoms with E-state index in [4.69, 9.17) is 0 Å². The van der Waals surface area contributed by atoms with Gasteiger partial charge in [-0.25, -0.2) is 0 Å². The Kier molecular flexibility index (Phi) is 4.82. The molecule has 0 radical (unpaired) electrons. The highest BCUT2D eigenvalue weighted by atomic mass is 16.2. The van der Waals surface area contributed by atoms with Crippen molar-refractivity contribution in [1.29, 1.82) is 0 Å². The van der Waals surface area contributed by atoms with Crippen LogP contribution in [0.25, 0.3) is 11.4 Å². The fraction of sp³-hybridized carbons (Fsp3) is 0.300. The van der Waals surface area contributed by atoms with Crippen LogP contribution in [0.15, 0.2) is 53.5 Å². The maximum absolute atomic E-state index is 12.3. The lowest BCUT2D eigenvalue weighted by Gasteiger charge is -2.10. The summed E-state index contributed by atoms with van der Waals surface area (Å²) in [5.41, 5.74) is 1.39. The van der Waals surface area contributed by atoms with E-state index in [1.807, 2.05) is 24.3 Å². The first-order valence-corrected chi connectivity index (χ1v) is 9.18. The molecule has 1 N–H and O–H groups in total. The Bertz CT molecular complexity index is 1020. The van der Waals surface area contributed by atoms with Crippen LogP contribution in [0.2, 0.25) is 0 Å². The number of rotatable bonds is 4. The molecule has 0 fully saturated rings. The SMILES string of the molecule is O=C(Cn1ccccc1=O)Nc1cccc(-c2nnc3n2CCCCC3)c1. The van der Waals surface area contributed by atoms with Gasteiger partial charge in [-0.1, -0.05) is 24.6 Å². The first kappa shape index (κ1) is 17.2. The molecular weight excluding hydrogens is 342 g/mol. The highest BCUT2D eigenvalue weighted by Gasteiger charge is 2.16. The zero-order valence-corrected chi connectivity index (χ0v) is 15.0. The van der Waals surface area contributed by atoms with Crippen LogP contribution in [0.3, 0.4) is 0 Å². The lowest BCUT2D eigenvalue weighted by atomic mass is 10.2. The van der Waals surface area contributed by atoms with E-state index in [-0.39, 0.29) is 18.0 Å². The molecule has 4 rings (SSSR count). The van der Waals surface area contributed by atoms with Crippen LogP contribution in [0.1, 0.15) is 25.1 Å². The lowest BCUT2D eigenvalue weighted by molar-refractivity contribution is -0.116. The molecule has 0 unspecified atom stereocenters. The van der Waals surface area contributed by atoms with Crippen LogP contribution in [-0.4, -0.2) is 25.2 Å². The van der Waals surface area contributed by atoms with Gasteiger partial charge in [0.25, 0.3) is 5.56 Å². The number of hydrogen-bond donors (Lipinski definition) is 1. The summed E-state index contributed by atoms with van der Waals surface area (Å²) in [5, 5.41) is 11.6. The Morgan fingerprint density at radius 3 is 2.89 bits per heavy atom. The van der Waals surface area contributed by atoms with E-state index in [1.54, 1.807) is 18.3 Å². The van der Waals surface area contributed by atoms with E-state index in [0.29, 0.717) is 5.69 Å². The second-order valence-corrected chi connectivity index (χ2v) is 6.70. The quantitative estimate of drug-likeness (QED) is 0.772. The van der Waals surface area contributed by atoms with Crippen LogP contribution in [-0.2, 0) is 24.3 Å². The van der Waals surface area contributed by atoms with Gasteiger partial charge in [-0.3, -0.25) is 9.59 Å². The molecule has 1 aromatic carbocycles. The fourth-order valence-electron chi connectivity index (χ4n) is 3.38. The van der Waals surface area contributed by atoms with Crippen LogP contribution >= 0.6 is 0 Å². The molecule has 0 atom stereocenters. The molecular formula is C20H21N5O2. The van der Waals surface area contributed by atoms with Crippen LogP contribution < -0.4 is 10.9 Å². The van der Waals surface area contributed by atoms with Crippen molar-refractivity contribution in [2.45, 2.75) is 38.8 Å². The predicted molar refractivity (Wildman–Crippen MR) is 102 cm³/mol. The van der Waals surface area contributed by atoms with Crippen molar-refractivity contribution in [3.63, 3.8) is 0 Å². The number of carbonyl (C=O) groups excluding carboxylic acids is 1. The summed E-state index contributed by atoms with van der Waals surface area (Å²) in [7, 11) is 0. The number of carbonyl (C=O) groups is 1. The average molecular weight is 363 g/mol. The van der Waals surface area contributed by atoms with E-state index in [0.717, 1.165) is 43.0 Å². The molecule has 1 aliphatic rings. The molecule has 27 heavy (non-hydrogen) atoms. The second-order valence-electron chi connectivity index (χ2n) is 6.70. The number of pyridine rings is 1. The molecule has 3 heterocycles. The largest absolute Gasteiger partial charge is 0.325 e. The summed E-state index contributed by atoms with van der Waals surface area (Å²) in [6, 6.07) is 12.4. The van der Waals surface area contributed by atoms with Gasteiger partial charge in [-0.15, -0.1) is 10.2 Å². The van der Waals surface area contributed by atoms with Crippen LogP contribution in [0, 0.1) is 0 Å². The van der Waals surface area contributed by atoms with Gasteiger partial charge in [-0.05, 0) is 31.0 Å². The van der Waals surface area contributed by atoms with Crippen molar-refractivity contribution < 1.29 is 4.79 Å². The third-order valence-electron chi connectivity index (χ3n) is 4.73. The third kappa shape index (κ3) is 3.81. The zero-order chi connectivity index (χ0) is 18.6. The Balaban J connectivity index is 1.53. The minimum absolute atomic E-state index is 0.0236. The number of hydrogen-bond acceptors (Lipinski definition) is 4. The molecule has 2 aromatic heterocycles. The smallest absolute Gasteiger partial charge is 0.250 e. The Morgan fingerprint density at radius 1 is 1.07 bits per heavy atom. The normalized spacial score (nSPS) is 13.6. The predicted octanol–water partition coefficient (Wildman–Crippen LogP) is 2.47. The summed E-state index contributed by atoms with van der Waals surface area (Å²) >= 11 is 0. The summed E-state index contributed by atoms with van der Waals surface area (Å²) in [4.78, 5) is 24.1. The average Bonchev–Trinajstić information content (AvgIpc) is 2.92. The van der Waals surface area contributed by atoms with Crippen molar-refractivity contribution in [2.75, 3.05) is 5.32 Å². The molecule has 7 heteroatoms. The van der Waals surface area contributed by atoms with Gasteiger partial charge in [-0.2, -0.15) is 0 Å². The first-order valence-electron chi connectivity index (χ1n) is 9.18. The van der Waals surface area contributed by atoms with Crippen molar-refractivity contribution in [1.82, 2.24) is 19.3 Å². The third-order valence-corrected chi connectivity index (χ3v) is 4.73. The number of benzene rings is 1. The molecule has 7 nitrogen and oxygen atoms in total. The standard InChI is InChI=1S/C20H21N5O2/c26-18(14-24-11-5-3-10-19(24)27)21-16-8-6-7-15(13-16)20-23-22-17-9-2-1-4-12-25(17)20/h3,5-8,10-11,13H,1-2,4,9,12,14H2,(H,21,26). The summed E-state index contributed by atoms with van der Waals surface area (Å²) in [6.07, 6.45) is 6.03. The lowest BCUT2D eigenvalue weighted by Crippen LogP contribution is -2.26. The highest BCUT2D eigenvalue weighted by Crippen LogP contribution is 2.24. The number of aryl methyl sites for hydroxylation is 1. The fourth-order valence-corrected chi connectivity index (χ4v) is 3.38. The number of amides is 1. The van der Waals surface area contributed by atoms with Crippen molar-refractivity contribution in [3.05, 3.63) is 64.8 Å². The maximum Gasteiger partial charge on any atom is 0.250 e. The van der Waals surface area contributed by atoms with Gasteiger partial charge >= 0.3 is 0 Å². The van der Waals surface area contributed by atoms with Gasteiger partial charge in [0.1, 0.15) is 12.4 Å². The Hall–Kier alpha value is -3.22. The van der Waals surface area contributed by atoms with E-state index in [2.05, 4.69) is 20.1 Å². The van der Waals surface area contributed by atoms with Gasteiger partial charge in [0.15, 0.2) is 5.82 Å². The number of nitrogens with one attached hydrogen (secondary N) is 1. The van der Waals surface area contributed by atoms with E-state index >= 15 is 0 Å². The number of fused-ring (bicyclic) bond motifs is 1. The molecule has 138 valence electrons. The molecule has 3 aromatic rings. The second kappa shape index (κ2) is 7.57. The molecule has 0 spiro atoms. The zero-order valence-electron chi connectivity index (χ0n) is 15.0. The van der Waals surface area contributed by atoms with Crippen molar-refractivity contribution in [2.24, 2.45) is 0 Å². The molecule has 0 saturated heterocycles. The number of aromatic nitrogens is 4. The van der Waals surface area contributed by atoms with E-state index in [1.165, 1.54) is 17.1 Å². The Labute approximate surface area is 156 Å². The maximum atomic E-state index is 12.3. The van der Waals surface area contributed by atoms with E-state index in [9.17, 15) is 9.59 Å².